The highest BCUT2D eigenvalue weighted by molar-refractivity contribution is 4.80. The summed E-state index contributed by atoms with van der Waals surface area (Å²) in [6.45, 7) is 9.34. The molecule has 0 amide bonds. The van der Waals surface area contributed by atoms with E-state index in [2.05, 4.69) is 43.1 Å². The lowest BCUT2D eigenvalue weighted by atomic mass is 10.2. The van der Waals surface area contributed by atoms with Gasteiger partial charge in [-0.15, -0.1) is 0 Å². The van der Waals surface area contributed by atoms with Gasteiger partial charge < -0.3 is 15.1 Å². The predicted octanol–water partition coefficient (Wildman–Crippen LogP) is 1.01. The van der Waals surface area contributed by atoms with Gasteiger partial charge in [-0.3, -0.25) is 0 Å². The lowest BCUT2D eigenvalue weighted by Crippen LogP contribution is -2.36. The van der Waals surface area contributed by atoms with Crippen LogP contribution in [0.3, 0.4) is 0 Å². The van der Waals surface area contributed by atoms with Gasteiger partial charge >= 0.3 is 0 Å². The van der Waals surface area contributed by atoms with Crippen LogP contribution in [0.4, 0.5) is 0 Å². The van der Waals surface area contributed by atoms with Gasteiger partial charge in [-0.25, -0.2) is 0 Å². The van der Waals surface area contributed by atoms with E-state index in [1.54, 1.807) is 0 Å². The molecule has 1 aliphatic rings. The molecule has 0 aromatic carbocycles. The summed E-state index contributed by atoms with van der Waals surface area (Å²) in [5.74, 6) is 0. The summed E-state index contributed by atoms with van der Waals surface area (Å²) in [7, 11) is 4.37. The van der Waals surface area contributed by atoms with Gasteiger partial charge in [0.25, 0.3) is 0 Å². The highest BCUT2D eigenvalue weighted by atomic mass is 15.2. The fourth-order valence-electron chi connectivity index (χ4n) is 2.05. The van der Waals surface area contributed by atoms with E-state index in [9.17, 15) is 0 Å². The molecule has 1 fully saturated rings. The molecule has 90 valence electrons. The van der Waals surface area contributed by atoms with Crippen molar-refractivity contribution >= 4 is 0 Å². The predicted molar refractivity (Wildman–Crippen MR) is 66.3 cm³/mol. The van der Waals surface area contributed by atoms with Crippen molar-refractivity contribution in [1.29, 1.82) is 0 Å². The molecule has 0 saturated carbocycles. The van der Waals surface area contributed by atoms with Gasteiger partial charge in [-0.05, 0) is 40.4 Å². The van der Waals surface area contributed by atoms with E-state index in [0.29, 0.717) is 6.04 Å². The number of hydrogen-bond donors (Lipinski definition) is 1. The van der Waals surface area contributed by atoms with Crippen molar-refractivity contribution in [2.75, 3.05) is 40.3 Å². The van der Waals surface area contributed by atoms with Gasteiger partial charge in [-0.2, -0.15) is 0 Å². The van der Waals surface area contributed by atoms with Crippen LogP contribution in [0.2, 0.25) is 0 Å². The summed E-state index contributed by atoms with van der Waals surface area (Å²) in [5, 5.41) is 3.55. The Hall–Kier alpha value is -0.120. The Kier molecular flexibility index (Phi) is 5.58. The number of nitrogens with zero attached hydrogens (tertiary/aromatic N) is 2. The molecule has 1 aliphatic heterocycles. The maximum Gasteiger partial charge on any atom is 0.0229 e. The molecule has 2 atom stereocenters. The largest absolute Gasteiger partial charge is 0.313 e. The van der Waals surface area contributed by atoms with Crippen molar-refractivity contribution in [2.45, 2.75) is 38.8 Å². The summed E-state index contributed by atoms with van der Waals surface area (Å²) in [6.07, 6.45) is 2.55. The zero-order valence-electron chi connectivity index (χ0n) is 10.8. The Bertz CT molecular complexity index is 170. The van der Waals surface area contributed by atoms with E-state index in [0.717, 1.165) is 12.6 Å². The van der Waals surface area contributed by atoms with Crippen LogP contribution in [0.15, 0.2) is 0 Å². The van der Waals surface area contributed by atoms with Crippen molar-refractivity contribution in [3.63, 3.8) is 0 Å². The van der Waals surface area contributed by atoms with E-state index in [-0.39, 0.29) is 0 Å². The second kappa shape index (κ2) is 6.46. The average Bonchev–Trinajstić information content (AvgIpc) is 2.66. The van der Waals surface area contributed by atoms with E-state index >= 15 is 0 Å². The molecule has 3 nitrogen and oxygen atoms in total. The Labute approximate surface area is 94.8 Å². The van der Waals surface area contributed by atoms with Crippen molar-refractivity contribution in [3.8, 4) is 0 Å². The number of likely N-dealkylation sites (tertiary alicyclic amines) is 1. The van der Waals surface area contributed by atoms with E-state index in [1.165, 1.54) is 32.5 Å². The Morgan fingerprint density at radius 1 is 1.47 bits per heavy atom. The zero-order valence-corrected chi connectivity index (χ0v) is 10.8. The normalized spacial score (nSPS) is 25.0. The van der Waals surface area contributed by atoms with Crippen LogP contribution in [0.25, 0.3) is 0 Å². The highest BCUT2D eigenvalue weighted by Gasteiger charge is 2.23. The summed E-state index contributed by atoms with van der Waals surface area (Å²) in [4.78, 5) is 4.92. The first-order chi connectivity index (χ1) is 7.13. The van der Waals surface area contributed by atoms with Crippen LogP contribution in [-0.2, 0) is 0 Å². The lowest BCUT2D eigenvalue weighted by Gasteiger charge is -2.21. The minimum absolute atomic E-state index is 0.664. The van der Waals surface area contributed by atoms with Crippen LogP contribution in [0.5, 0.6) is 0 Å². The van der Waals surface area contributed by atoms with Crippen molar-refractivity contribution < 1.29 is 0 Å². The van der Waals surface area contributed by atoms with Gasteiger partial charge in [0.1, 0.15) is 0 Å². The quantitative estimate of drug-likeness (QED) is 0.710. The zero-order chi connectivity index (χ0) is 11.3. The molecular weight excluding hydrogens is 186 g/mol. The molecular formula is C12H27N3. The third-order valence-electron chi connectivity index (χ3n) is 3.51. The highest BCUT2D eigenvalue weighted by Crippen LogP contribution is 2.11. The first-order valence-electron chi connectivity index (χ1n) is 6.25. The topological polar surface area (TPSA) is 18.5 Å². The minimum atomic E-state index is 0.664. The minimum Gasteiger partial charge on any atom is -0.313 e. The molecule has 1 rings (SSSR count). The van der Waals surface area contributed by atoms with Crippen LogP contribution in [-0.4, -0.2) is 62.2 Å². The number of nitrogens with one attached hydrogen (secondary N) is 1. The molecule has 1 saturated heterocycles. The maximum atomic E-state index is 3.55. The van der Waals surface area contributed by atoms with Crippen molar-refractivity contribution in [1.82, 2.24) is 15.1 Å². The number of likely N-dealkylation sites (N-methyl/N-ethyl adjacent to an activating group) is 1. The number of rotatable bonds is 6. The Balaban J connectivity index is 2.09. The molecule has 1 heterocycles. The standard InChI is InChI=1S/C12H27N3/c1-5-11(2)13-7-9-15-8-6-12(10-15)14(3)4/h11-13H,5-10H2,1-4H3. The molecule has 1 N–H and O–H groups in total. The molecule has 0 radical (unpaired) electrons. The van der Waals surface area contributed by atoms with Crippen molar-refractivity contribution in [2.24, 2.45) is 0 Å². The molecule has 3 heteroatoms. The van der Waals surface area contributed by atoms with Gasteiger partial charge in [0.05, 0.1) is 0 Å². The van der Waals surface area contributed by atoms with Gasteiger partial charge in [0, 0.05) is 31.7 Å². The Morgan fingerprint density at radius 3 is 2.73 bits per heavy atom. The maximum absolute atomic E-state index is 3.55. The van der Waals surface area contributed by atoms with E-state index in [4.69, 9.17) is 0 Å². The molecule has 0 aromatic rings. The SMILES string of the molecule is CCC(C)NCCN1CCC(N(C)C)C1. The smallest absolute Gasteiger partial charge is 0.0229 e. The fraction of sp³-hybridized carbons (Fsp3) is 1.00. The molecule has 0 bridgehead atoms. The van der Waals surface area contributed by atoms with Crippen molar-refractivity contribution in [3.05, 3.63) is 0 Å². The summed E-state index contributed by atoms with van der Waals surface area (Å²) < 4.78 is 0. The fourth-order valence-corrected chi connectivity index (χ4v) is 2.05. The average molecular weight is 213 g/mol. The second-order valence-corrected chi connectivity index (χ2v) is 4.97. The summed E-state index contributed by atoms with van der Waals surface area (Å²) in [6, 6.07) is 1.44. The molecule has 15 heavy (non-hydrogen) atoms. The molecule has 0 aliphatic carbocycles. The third kappa shape index (κ3) is 4.49. The van der Waals surface area contributed by atoms with Gasteiger partial charge in [0.2, 0.25) is 0 Å². The first-order valence-corrected chi connectivity index (χ1v) is 6.25. The van der Waals surface area contributed by atoms with Gasteiger partial charge in [-0.1, -0.05) is 6.92 Å². The van der Waals surface area contributed by atoms with Gasteiger partial charge in [0.15, 0.2) is 0 Å². The summed E-state index contributed by atoms with van der Waals surface area (Å²) >= 11 is 0. The molecule has 0 spiro atoms. The van der Waals surface area contributed by atoms with E-state index < -0.39 is 0 Å². The van der Waals surface area contributed by atoms with Crippen LogP contribution < -0.4 is 5.32 Å². The van der Waals surface area contributed by atoms with Crippen LogP contribution in [0.1, 0.15) is 26.7 Å². The van der Waals surface area contributed by atoms with Crippen LogP contribution in [0, 0.1) is 0 Å². The van der Waals surface area contributed by atoms with Crippen LogP contribution >= 0.6 is 0 Å². The first kappa shape index (κ1) is 12.9. The monoisotopic (exact) mass is 213 g/mol. The molecule has 0 aromatic heterocycles. The lowest BCUT2D eigenvalue weighted by molar-refractivity contribution is 0.266. The third-order valence-corrected chi connectivity index (χ3v) is 3.51. The second-order valence-electron chi connectivity index (χ2n) is 4.97. The summed E-state index contributed by atoms with van der Waals surface area (Å²) in [5.41, 5.74) is 0. The van der Waals surface area contributed by atoms with E-state index in [1.807, 2.05) is 0 Å². The number of hydrogen-bond acceptors (Lipinski definition) is 3. The molecule has 2 unspecified atom stereocenters. The Morgan fingerprint density at radius 2 is 2.20 bits per heavy atom.